The van der Waals surface area contributed by atoms with E-state index in [2.05, 4.69) is 10.5 Å². The second kappa shape index (κ2) is 2.92. The van der Waals surface area contributed by atoms with Gasteiger partial charge in [-0.25, -0.2) is 0 Å². The van der Waals surface area contributed by atoms with E-state index in [0.29, 0.717) is 6.67 Å². The highest BCUT2D eigenvalue weighted by atomic mass is 15.6. The van der Waals surface area contributed by atoms with Crippen LogP contribution in [0.2, 0.25) is 0 Å². The van der Waals surface area contributed by atoms with Gasteiger partial charge in [0.1, 0.15) is 6.67 Å². The zero-order chi connectivity index (χ0) is 8.39. The van der Waals surface area contributed by atoms with E-state index in [1.807, 2.05) is 30.5 Å². The van der Waals surface area contributed by atoms with E-state index in [-0.39, 0.29) is 0 Å². The third kappa shape index (κ3) is 1.07. The average Bonchev–Trinajstić information content (AvgIpc) is 2.17. The first-order valence-corrected chi connectivity index (χ1v) is 3.74. The summed E-state index contributed by atoms with van der Waals surface area (Å²) in [5.74, 6) is 5.32. The first kappa shape index (κ1) is 7.27. The van der Waals surface area contributed by atoms with E-state index in [1.54, 1.807) is 5.01 Å². The SMILES string of the molecule is NNN1CN=Cc2ccccc21. The van der Waals surface area contributed by atoms with Crippen LogP contribution < -0.4 is 16.4 Å². The topological polar surface area (TPSA) is 53.6 Å². The monoisotopic (exact) mass is 162 g/mol. The predicted octanol–water partition coefficient (Wildman–Crippen LogP) is 0.261. The smallest absolute Gasteiger partial charge is 0.126 e. The van der Waals surface area contributed by atoms with Gasteiger partial charge in [-0.3, -0.25) is 15.8 Å². The first-order valence-electron chi connectivity index (χ1n) is 3.74. The molecule has 0 atom stereocenters. The van der Waals surface area contributed by atoms with Crippen LogP contribution in [0.1, 0.15) is 5.56 Å². The summed E-state index contributed by atoms with van der Waals surface area (Å²) in [4.78, 5) is 4.13. The Labute approximate surface area is 70.6 Å². The number of fused-ring (bicyclic) bond motifs is 1. The number of para-hydroxylation sites is 1. The lowest BCUT2D eigenvalue weighted by atomic mass is 10.2. The van der Waals surface area contributed by atoms with Gasteiger partial charge in [0.05, 0.1) is 5.69 Å². The molecule has 0 spiro atoms. The van der Waals surface area contributed by atoms with Crippen LogP contribution in [-0.2, 0) is 0 Å². The van der Waals surface area contributed by atoms with Gasteiger partial charge in [-0.1, -0.05) is 18.2 Å². The molecule has 1 heterocycles. The van der Waals surface area contributed by atoms with Gasteiger partial charge < -0.3 is 0 Å². The Morgan fingerprint density at radius 2 is 2.25 bits per heavy atom. The number of benzene rings is 1. The summed E-state index contributed by atoms with van der Waals surface area (Å²) in [6, 6.07) is 7.95. The predicted molar refractivity (Wildman–Crippen MR) is 48.7 cm³/mol. The minimum absolute atomic E-state index is 0.563. The third-order valence-corrected chi connectivity index (χ3v) is 1.84. The van der Waals surface area contributed by atoms with Crippen molar-refractivity contribution in [2.45, 2.75) is 0 Å². The number of nitrogens with two attached hydrogens (primary N) is 1. The molecule has 1 aliphatic heterocycles. The first-order chi connectivity index (χ1) is 5.92. The van der Waals surface area contributed by atoms with Gasteiger partial charge in [-0.05, 0) is 6.07 Å². The van der Waals surface area contributed by atoms with E-state index in [4.69, 9.17) is 5.84 Å². The van der Waals surface area contributed by atoms with Gasteiger partial charge in [0, 0.05) is 11.8 Å². The Morgan fingerprint density at radius 3 is 3.08 bits per heavy atom. The fourth-order valence-corrected chi connectivity index (χ4v) is 1.25. The Hall–Kier alpha value is -1.39. The molecule has 0 fully saturated rings. The molecule has 3 N–H and O–H groups in total. The maximum absolute atomic E-state index is 5.32. The van der Waals surface area contributed by atoms with Gasteiger partial charge in [-0.2, -0.15) is 5.53 Å². The number of aliphatic imine (C=N–C) groups is 1. The molecular formula is C8H10N4. The fourth-order valence-electron chi connectivity index (χ4n) is 1.25. The summed E-state index contributed by atoms with van der Waals surface area (Å²) in [5, 5.41) is 1.79. The van der Waals surface area contributed by atoms with Crippen molar-refractivity contribution in [2.75, 3.05) is 11.7 Å². The number of nitrogens with one attached hydrogen (secondary N) is 1. The minimum Gasteiger partial charge on any atom is -0.273 e. The molecular weight excluding hydrogens is 152 g/mol. The quantitative estimate of drug-likeness (QED) is 0.460. The van der Waals surface area contributed by atoms with E-state index in [9.17, 15) is 0 Å². The largest absolute Gasteiger partial charge is 0.273 e. The lowest BCUT2D eigenvalue weighted by molar-refractivity contribution is 0.658. The summed E-state index contributed by atoms with van der Waals surface area (Å²) < 4.78 is 0. The van der Waals surface area contributed by atoms with Gasteiger partial charge in [0.25, 0.3) is 0 Å². The molecule has 2 rings (SSSR count). The van der Waals surface area contributed by atoms with Crippen molar-refractivity contribution in [1.82, 2.24) is 5.53 Å². The lowest BCUT2D eigenvalue weighted by Crippen LogP contribution is -2.44. The van der Waals surface area contributed by atoms with Crippen LogP contribution in [0.4, 0.5) is 5.69 Å². The number of hydrogen-bond acceptors (Lipinski definition) is 4. The summed E-state index contributed by atoms with van der Waals surface area (Å²) in [6.07, 6.45) is 1.85. The van der Waals surface area contributed by atoms with Crippen molar-refractivity contribution in [2.24, 2.45) is 10.8 Å². The number of anilines is 1. The molecule has 0 amide bonds. The maximum Gasteiger partial charge on any atom is 0.126 e. The Kier molecular flexibility index (Phi) is 1.77. The van der Waals surface area contributed by atoms with Crippen molar-refractivity contribution in [3.63, 3.8) is 0 Å². The summed E-state index contributed by atoms with van der Waals surface area (Å²) >= 11 is 0. The molecule has 62 valence electrons. The summed E-state index contributed by atoms with van der Waals surface area (Å²) in [6.45, 7) is 0.563. The Bertz CT molecular complexity index is 308. The van der Waals surface area contributed by atoms with Crippen LogP contribution in [0.15, 0.2) is 29.3 Å². The zero-order valence-corrected chi connectivity index (χ0v) is 6.57. The van der Waals surface area contributed by atoms with Crippen molar-refractivity contribution in [3.05, 3.63) is 29.8 Å². The molecule has 0 aliphatic carbocycles. The molecule has 4 heteroatoms. The fraction of sp³-hybridized carbons (Fsp3) is 0.125. The van der Waals surface area contributed by atoms with E-state index < -0.39 is 0 Å². The van der Waals surface area contributed by atoms with Crippen LogP contribution in [0.3, 0.4) is 0 Å². The number of hydrazine groups is 2. The van der Waals surface area contributed by atoms with Gasteiger partial charge in [0.2, 0.25) is 0 Å². The highest BCUT2D eigenvalue weighted by Crippen LogP contribution is 2.19. The molecule has 1 aliphatic rings. The van der Waals surface area contributed by atoms with Crippen molar-refractivity contribution in [1.29, 1.82) is 0 Å². The molecule has 4 nitrogen and oxygen atoms in total. The van der Waals surface area contributed by atoms with Gasteiger partial charge >= 0.3 is 0 Å². The van der Waals surface area contributed by atoms with Crippen LogP contribution in [0, 0.1) is 0 Å². The second-order valence-corrected chi connectivity index (χ2v) is 2.57. The van der Waals surface area contributed by atoms with Crippen LogP contribution >= 0.6 is 0 Å². The van der Waals surface area contributed by atoms with E-state index >= 15 is 0 Å². The van der Waals surface area contributed by atoms with Crippen molar-refractivity contribution < 1.29 is 0 Å². The summed E-state index contributed by atoms with van der Waals surface area (Å²) in [7, 11) is 0. The molecule has 0 unspecified atom stereocenters. The third-order valence-electron chi connectivity index (χ3n) is 1.84. The van der Waals surface area contributed by atoms with Crippen LogP contribution in [0.25, 0.3) is 0 Å². The number of rotatable bonds is 1. The Balaban J connectivity index is 2.45. The molecule has 12 heavy (non-hydrogen) atoms. The molecule has 0 aromatic heterocycles. The minimum atomic E-state index is 0.563. The lowest BCUT2D eigenvalue weighted by Gasteiger charge is -2.25. The molecule has 1 aromatic carbocycles. The molecule has 0 radical (unpaired) electrons. The maximum atomic E-state index is 5.32. The van der Waals surface area contributed by atoms with Crippen molar-refractivity contribution in [3.8, 4) is 0 Å². The molecule has 0 saturated heterocycles. The van der Waals surface area contributed by atoms with E-state index in [1.165, 1.54) is 0 Å². The number of nitrogens with zero attached hydrogens (tertiary/aromatic N) is 2. The average molecular weight is 162 g/mol. The van der Waals surface area contributed by atoms with Crippen LogP contribution in [0.5, 0.6) is 0 Å². The van der Waals surface area contributed by atoms with E-state index in [0.717, 1.165) is 11.3 Å². The van der Waals surface area contributed by atoms with Gasteiger partial charge in [-0.15, -0.1) is 0 Å². The van der Waals surface area contributed by atoms with Crippen molar-refractivity contribution >= 4 is 11.9 Å². The van der Waals surface area contributed by atoms with Gasteiger partial charge in [0.15, 0.2) is 0 Å². The normalized spacial score (nSPS) is 14.6. The molecule has 0 bridgehead atoms. The number of hydrogen-bond donors (Lipinski definition) is 2. The highest BCUT2D eigenvalue weighted by molar-refractivity contribution is 5.89. The molecule has 1 aromatic rings. The second-order valence-electron chi connectivity index (χ2n) is 2.57. The zero-order valence-electron chi connectivity index (χ0n) is 6.57. The Morgan fingerprint density at radius 1 is 1.42 bits per heavy atom. The molecule has 0 saturated carbocycles. The standard InChI is InChI=1S/C8H10N4/c9-11-12-6-10-5-7-3-1-2-4-8(7)12/h1-5,11H,6,9H2. The van der Waals surface area contributed by atoms with Crippen LogP contribution in [-0.4, -0.2) is 12.9 Å². The summed E-state index contributed by atoms with van der Waals surface area (Å²) in [5.41, 5.74) is 4.73. The highest BCUT2D eigenvalue weighted by Gasteiger charge is 2.10.